The van der Waals surface area contributed by atoms with Crippen LogP contribution in [-0.4, -0.2) is 15.4 Å². The van der Waals surface area contributed by atoms with E-state index in [1.165, 1.54) is 36.3 Å². The van der Waals surface area contributed by atoms with Crippen molar-refractivity contribution in [1.82, 2.24) is 9.47 Å². The van der Waals surface area contributed by atoms with Crippen molar-refractivity contribution in [2.75, 3.05) is 0 Å². The van der Waals surface area contributed by atoms with Crippen molar-refractivity contribution in [3.05, 3.63) is 46.4 Å². The standard InChI is InChI=1S/C18H24N2OS/c1-19-10-4-8-16(19)13-20(14-17-9-5-11-22-17)18(21)12-15-6-2-3-7-15/h4-5,8-11,15H,2-3,6-7,12-14H2,1H3. The minimum atomic E-state index is 0.307. The van der Waals surface area contributed by atoms with E-state index in [1.807, 2.05) is 24.2 Å². The quantitative estimate of drug-likeness (QED) is 0.784. The first-order valence-electron chi connectivity index (χ1n) is 8.13. The fourth-order valence-electron chi connectivity index (χ4n) is 3.27. The second-order valence-electron chi connectivity index (χ2n) is 6.29. The van der Waals surface area contributed by atoms with Crippen molar-refractivity contribution in [2.24, 2.45) is 13.0 Å². The molecule has 1 aliphatic carbocycles. The van der Waals surface area contributed by atoms with E-state index in [1.54, 1.807) is 11.3 Å². The topological polar surface area (TPSA) is 25.2 Å². The Kier molecular flexibility index (Phi) is 4.98. The van der Waals surface area contributed by atoms with E-state index in [4.69, 9.17) is 0 Å². The second kappa shape index (κ2) is 7.14. The predicted octanol–water partition coefficient (Wildman–Crippen LogP) is 4.20. The first-order valence-corrected chi connectivity index (χ1v) is 9.00. The average Bonchev–Trinajstić information content (AvgIpc) is 3.22. The molecule has 0 N–H and O–H groups in total. The Hall–Kier alpha value is -1.55. The van der Waals surface area contributed by atoms with Crippen molar-refractivity contribution in [2.45, 2.75) is 45.2 Å². The molecule has 3 rings (SSSR count). The number of hydrogen-bond acceptors (Lipinski definition) is 2. The van der Waals surface area contributed by atoms with Gasteiger partial charge >= 0.3 is 0 Å². The van der Waals surface area contributed by atoms with Crippen molar-refractivity contribution in [1.29, 1.82) is 0 Å². The van der Waals surface area contributed by atoms with E-state index in [2.05, 4.69) is 28.1 Å². The number of thiophene rings is 1. The van der Waals surface area contributed by atoms with Crippen LogP contribution in [0.4, 0.5) is 0 Å². The Bertz CT molecular complexity index is 596. The summed E-state index contributed by atoms with van der Waals surface area (Å²) < 4.78 is 2.10. The molecule has 2 aromatic heterocycles. The first kappa shape index (κ1) is 15.3. The fraction of sp³-hybridized carbons (Fsp3) is 0.500. The van der Waals surface area contributed by atoms with Gasteiger partial charge in [0, 0.05) is 30.2 Å². The maximum absolute atomic E-state index is 12.8. The SMILES string of the molecule is Cn1cccc1CN(Cc1cccs1)C(=O)CC1CCCC1. The van der Waals surface area contributed by atoms with Gasteiger partial charge in [-0.3, -0.25) is 4.79 Å². The molecule has 0 unspecified atom stereocenters. The first-order chi connectivity index (χ1) is 10.7. The summed E-state index contributed by atoms with van der Waals surface area (Å²) in [5, 5.41) is 2.08. The molecule has 1 fully saturated rings. The maximum atomic E-state index is 12.8. The van der Waals surface area contributed by atoms with Crippen LogP contribution in [-0.2, 0) is 24.9 Å². The van der Waals surface area contributed by atoms with Crippen LogP contribution in [0, 0.1) is 5.92 Å². The largest absolute Gasteiger partial charge is 0.353 e. The Morgan fingerprint density at radius 2 is 2.09 bits per heavy atom. The molecule has 0 saturated heterocycles. The van der Waals surface area contributed by atoms with Crippen LogP contribution in [0.1, 0.15) is 42.7 Å². The van der Waals surface area contributed by atoms with E-state index < -0.39 is 0 Å². The molecule has 0 aromatic carbocycles. The summed E-state index contributed by atoms with van der Waals surface area (Å²) in [5.41, 5.74) is 1.19. The van der Waals surface area contributed by atoms with Gasteiger partial charge in [-0.15, -0.1) is 11.3 Å². The van der Waals surface area contributed by atoms with Gasteiger partial charge in [0.05, 0.1) is 13.1 Å². The molecule has 0 radical (unpaired) electrons. The number of aryl methyl sites for hydroxylation is 1. The maximum Gasteiger partial charge on any atom is 0.223 e. The van der Waals surface area contributed by atoms with Gasteiger partial charge in [-0.05, 0) is 42.3 Å². The Balaban J connectivity index is 1.69. The summed E-state index contributed by atoms with van der Waals surface area (Å²) in [6.45, 7) is 1.43. The van der Waals surface area contributed by atoms with Crippen molar-refractivity contribution < 1.29 is 4.79 Å². The summed E-state index contributed by atoms with van der Waals surface area (Å²) in [4.78, 5) is 16.1. The number of amides is 1. The van der Waals surface area contributed by atoms with E-state index in [-0.39, 0.29) is 0 Å². The molecular formula is C18H24N2OS. The third kappa shape index (κ3) is 3.80. The third-order valence-electron chi connectivity index (χ3n) is 4.62. The van der Waals surface area contributed by atoms with Crippen LogP contribution in [0.5, 0.6) is 0 Å². The van der Waals surface area contributed by atoms with Gasteiger partial charge < -0.3 is 9.47 Å². The minimum Gasteiger partial charge on any atom is -0.353 e. The Labute approximate surface area is 136 Å². The monoisotopic (exact) mass is 316 g/mol. The molecular weight excluding hydrogens is 292 g/mol. The molecule has 1 aliphatic rings. The lowest BCUT2D eigenvalue weighted by atomic mass is 10.0. The highest BCUT2D eigenvalue weighted by molar-refractivity contribution is 7.09. The molecule has 1 amide bonds. The average molecular weight is 316 g/mol. The molecule has 4 heteroatoms. The summed E-state index contributed by atoms with van der Waals surface area (Å²) in [7, 11) is 2.04. The Morgan fingerprint density at radius 3 is 2.73 bits per heavy atom. The number of rotatable bonds is 6. The smallest absolute Gasteiger partial charge is 0.223 e. The van der Waals surface area contributed by atoms with E-state index in [0.29, 0.717) is 18.4 Å². The fourth-order valence-corrected chi connectivity index (χ4v) is 3.99. The Morgan fingerprint density at radius 1 is 1.27 bits per heavy atom. The van der Waals surface area contributed by atoms with Crippen LogP contribution >= 0.6 is 11.3 Å². The minimum absolute atomic E-state index is 0.307. The molecule has 22 heavy (non-hydrogen) atoms. The highest BCUT2D eigenvalue weighted by Crippen LogP contribution is 2.28. The van der Waals surface area contributed by atoms with E-state index in [0.717, 1.165) is 13.0 Å². The highest BCUT2D eigenvalue weighted by atomic mass is 32.1. The van der Waals surface area contributed by atoms with Gasteiger partial charge in [-0.1, -0.05) is 18.9 Å². The van der Waals surface area contributed by atoms with Crippen LogP contribution in [0.25, 0.3) is 0 Å². The molecule has 0 bridgehead atoms. The van der Waals surface area contributed by atoms with E-state index in [9.17, 15) is 4.79 Å². The number of hydrogen-bond donors (Lipinski definition) is 0. The molecule has 0 aliphatic heterocycles. The predicted molar refractivity (Wildman–Crippen MR) is 90.6 cm³/mol. The molecule has 0 atom stereocenters. The van der Waals surface area contributed by atoms with Crippen molar-refractivity contribution in [3.8, 4) is 0 Å². The lowest BCUT2D eigenvalue weighted by Crippen LogP contribution is -2.31. The molecule has 0 spiro atoms. The molecule has 3 nitrogen and oxygen atoms in total. The molecule has 118 valence electrons. The van der Waals surface area contributed by atoms with E-state index >= 15 is 0 Å². The van der Waals surface area contributed by atoms with Gasteiger partial charge in [-0.25, -0.2) is 0 Å². The number of aromatic nitrogens is 1. The zero-order chi connectivity index (χ0) is 15.4. The summed E-state index contributed by atoms with van der Waals surface area (Å²) in [6.07, 6.45) is 7.79. The zero-order valence-corrected chi connectivity index (χ0v) is 14.0. The number of nitrogens with zero attached hydrogens (tertiary/aromatic N) is 2. The van der Waals surface area contributed by atoms with Crippen LogP contribution in [0.3, 0.4) is 0 Å². The molecule has 2 heterocycles. The lowest BCUT2D eigenvalue weighted by Gasteiger charge is -2.24. The summed E-state index contributed by atoms with van der Waals surface area (Å²) >= 11 is 1.73. The summed E-state index contributed by atoms with van der Waals surface area (Å²) in [6, 6.07) is 8.32. The normalized spacial score (nSPS) is 15.3. The van der Waals surface area contributed by atoms with Gasteiger partial charge in [0.2, 0.25) is 5.91 Å². The van der Waals surface area contributed by atoms with Gasteiger partial charge in [0.1, 0.15) is 0 Å². The number of carbonyl (C=O) groups excluding carboxylic acids is 1. The zero-order valence-electron chi connectivity index (χ0n) is 13.2. The highest BCUT2D eigenvalue weighted by Gasteiger charge is 2.23. The summed E-state index contributed by atoms with van der Waals surface area (Å²) in [5.74, 6) is 0.910. The van der Waals surface area contributed by atoms with Gasteiger partial charge in [-0.2, -0.15) is 0 Å². The van der Waals surface area contributed by atoms with Crippen LogP contribution < -0.4 is 0 Å². The van der Waals surface area contributed by atoms with Crippen molar-refractivity contribution >= 4 is 17.2 Å². The van der Waals surface area contributed by atoms with Crippen LogP contribution in [0.15, 0.2) is 35.8 Å². The molecule has 2 aromatic rings. The lowest BCUT2D eigenvalue weighted by molar-refractivity contribution is -0.133. The van der Waals surface area contributed by atoms with Crippen molar-refractivity contribution in [3.63, 3.8) is 0 Å². The number of carbonyl (C=O) groups is 1. The van der Waals surface area contributed by atoms with Crippen LogP contribution in [0.2, 0.25) is 0 Å². The third-order valence-corrected chi connectivity index (χ3v) is 5.48. The second-order valence-corrected chi connectivity index (χ2v) is 7.33. The van der Waals surface area contributed by atoms with Gasteiger partial charge in [0.25, 0.3) is 0 Å². The molecule has 1 saturated carbocycles. The van der Waals surface area contributed by atoms with Gasteiger partial charge in [0.15, 0.2) is 0 Å².